The maximum Gasteiger partial charge on any atom is 0.267 e. The van der Waals surface area contributed by atoms with Crippen molar-refractivity contribution >= 4 is 29.1 Å². The van der Waals surface area contributed by atoms with Crippen LogP contribution in [0.3, 0.4) is 0 Å². The standard InChI is InChI=1S/C21H22N2O2S/c24-19(16-10-4-1-5-11-16)23(20(25)17-12-6-2-7-13-17)21(26)22-18-14-8-3-9-15-18/h1-2,4-7,10-13,18H,3,8-9,14-15H2,(H,22,26). The van der Waals surface area contributed by atoms with Crippen LogP contribution in [0.4, 0.5) is 0 Å². The van der Waals surface area contributed by atoms with Crippen molar-refractivity contribution in [3.8, 4) is 0 Å². The van der Waals surface area contributed by atoms with Crippen molar-refractivity contribution in [2.45, 2.75) is 38.1 Å². The summed E-state index contributed by atoms with van der Waals surface area (Å²) in [6.07, 6.45) is 5.51. The number of thiocarbonyl (C=S) groups is 1. The van der Waals surface area contributed by atoms with Gasteiger partial charge in [-0.3, -0.25) is 9.59 Å². The SMILES string of the molecule is O=C(c1ccccc1)N(C(=O)c1ccccc1)C(=S)NC1CCCCC1. The van der Waals surface area contributed by atoms with Crippen molar-refractivity contribution in [3.05, 3.63) is 71.8 Å². The number of imide groups is 1. The van der Waals surface area contributed by atoms with Crippen molar-refractivity contribution in [2.24, 2.45) is 0 Å². The molecule has 0 aliphatic heterocycles. The van der Waals surface area contributed by atoms with Gasteiger partial charge in [-0.05, 0) is 49.3 Å². The van der Waals surface area contributed by atoms with Gasteiger partial charge in [-0.15, -0.1) is 0 Å². The summed E-state index contributed by atoms with van der Waals surface area (Å²) in [5.41, 5.74) is 0.870. The van der Waals surface area contributed by atoms with Gasteiger partial charge in [0.1, 0.15) is 0 Å². The van der Waals surface area contributed by atoms with Gasteiger partial charge in [0, 0.05) is 17.2 Å². The Morgan fingerprint density at radius 1 is 0.808 bits per heavy atom. The maximum atomic E-state index is 13.0. The first kappa shape index (κ1) is 18.3. The Bertz CT molecular complexity index is 720. The minimum absolute atomic E-state index is 0.180. The Morgan fingerprint density at radius 2 is 1.27 bits per heavy atom. The average molecular weight is 366 g/mol. The van der Waals surface area contributed by atoms with Crippen molar-refractivity contribution in [2.75, 3.05) is 0 Å². The van der Waals surface area contributed by atoms with E-state index in [2.05, 4.69) is 5.32 Å². The molecule has 0 bridgehead atoms. The van der Waals surface area contributed by atoms with Gasteiger partial charge < -0.3 is 5.32 Å². The molecule has 1 aliphatic carbocycles. The molecule has 0 saturated heterocycles. The van der Waals surface area contributed by atoms with Crippen LogP contribution in [0, 0.1) is 0 Å². The molecule has 1 saturated carbocycles. The molecule has 26 heavy (non-hydrogen) atoms. The molecule has 3 rings (SSSR count). The fraction of sp³-hybridized carbons (Fsp3) is 0.286. The van der Waals surface area contributed by atoms with E-state index in [0.717, 1.165) is 30.6 Å². The lowest BCUT2D eigenvalue weighted by atomic mass is 9.96. The van der Waals surface area contributed by atoms with Gasteiger partial charge in [0.2, 0.25) is 0 Å². The van der Waals surface area contributed by atoms with Crippen molar-refractivity contribution < 1.29 is 9.59 Å². The zero-order chi connectivity index (χ0) is 18.4. The Kier molecular flexibility index (Phi) is 6.12. The van der Waals surface area contributed by atoms with Crippen LogP contribution in [0.25, 0.3) is 0 Å². The molecule has 1 fully saturated rings. The van der Waals surface area contributed by atoms with E-state index >= 15 is 0 Å². The molecule has 2 aromatic carbocycles. The fourth-order valence-corrected chi connectivity index (χ4v) is 3.51. The van der Waals surface area contributed by atoms with E-state index in [1.165, 1.54) is 6.42 Å². The summed E-state index contributed by atoms with van der Waals surface area (Å²) in [5.74, 6) is -0.819. The van der Waals surface area contributed by atoms with E-state index in [4.69, 9.17) is 12.2 Å². The summed E-state index contributed by atoms with van der Waals surface area (Å²) in [4.78, 5) is 27.1. The van der Waals surface area contributed by atoms with E-state index < -0.39 is 11.8 Å². The zero-order valence-electron chi connectivity index (χ0n) is 14.6. The molecular formula is C21H22N2O2S. The van der Waals surface area contributed by atoms with Crippen LogP contribution >= 0.6 is 12.2 Å². The molecule has 4 nitrogen and oxygen atoms in total. The number of carbonyl (C=O) groups is 2. The third-order valence-corrected chi connectivity index (χ3v) is 4.88. The topological polar surface area (TPSA) is 49.4 Å². The molecule has 0 aromatic heterocycles. The Hall–Kier alpha value is -2.53. The van der Waals surface area contributed by atoms with Gasteiger partial charge in [0.25, 0.3) is 11.8 Å². The second kappa shape index (κ2) is 8.72. The lowest BCUT2D eigenvalue weighted by Gasteiger charge is -2.28. The first-order chi connectivity index (χ1) is 12.7. The second-order valence-electron chi connectivity index (χ2n) is 6.46. The fourth-order valence-electron chi connectivity index (χ4n) is 3.18. The molecule has 2 aromatic rings. The first-order valence-electron chi connectivity index (χ1n) is 8.96. The summed E-state index contributed by atoms with van der Waals surface area (Å²) in [6.45, 7) is 0. The summed E-state index contributed by atoms with van der Waals surface area (Å²) in [7, 11) is 0. The number of benzene rings is 2. The third-order valence-electron chi connectivity index (χ3n) is 4.58. The van der Waals surface area contributed by atoms with Gasteiger partial charge in [-0.25, -0.2) is 4.90 Å². The molecular weight excluding hydrogens is 344 g/mol. The highest BCUT2D eigenvalue weighted by Gasteiger charge is 2.29. The van der Waals surface area contributed by atoms with Gasteiger partial charge >= 0.3 is 0 Å². The molecule has 0 unspecified atom stereocenters. The number of hydrogen-bond donors (Lipinski definition) is 1. The van der Waals surface area contributed by atoms with E-state index in [1.54, 1.807) is 48.5 Å². The van der Waals surface area contributed by atoms with Crippen molar-refractivity contribution in [1.82, 2.24) is 10.2 Å². The molecule has 5 heteroatoms. The Balaban J connectivity index is 1.86. The Morgan fingerprint density at radius 3 is 1.73 bits per heavy atom. The molecule has 2 amide bonds. The number of carbonyl (C=O) groups excluding carboxylic acids is 2. The Labute approximate surface area is 159 Å². The predicted molar refractivity (Wildman–Crippen MR) is 106 cm³/mol. The van der Waals surface area contributed by atoms with Crippen LogP contribution in [0.5, 0.6) is 0 Å². The highest BCUT2D eigenvalue weighted by molar-refractivity contribution is 7.80. The van der Waals surface area contributed by atoms with Gasteiger partial charge in [-0.2, -0.15) is 0 Å². The van der Waals surface area contributed by atoms with Gasteiger partial charge in [-0.1, -0.05) is 55.7 Å². The third kappa shape index (κ3) is 4.35. The first-order valence-corrected chi connectivity index (χ1v) is 9.37. The summed E-state index contributed by atoms with van der Waals surface area (Å²) in [6, 6.07) is 17.7. The van der Waals surface area contributed by atoms with E-state index in [1.807, 2.05) is 12.1 Å². The lowest BCUT2D eigenvalue weighted by Crippen LogP contribution is -2.50. The van der Waals surface area contributed by atoms with E-state index in [9.17, 15) is 9.59 Å². The summed E-state index contributed by atoms with van der Waals surface area (Å²) in [5, 5.41) is 3.42. The van der Waals surface area contributed by atoms with E-state index in [0.29, 0.717) is 11.1 Å². The predicted octanol–water partition coefficient (Wildman–Crippen LogP) is 4.18. The van der Waals surface area contributed by atoms with Crippen LogP contribution in [0.1, 0.15) is 52.8 Å². The highest BCUT2D eigenvalue weighted by atomic mass is 32.1. The molecule has 0 heterocycles. The number of rotatable bonds is 3. The van der Waals surface area contributed by atoms with Gasteiger partial charge in [0.15, 0.2) is 5.11 Å². The quantitative estimate of drug-likeness (QED) is 0.654. The minimum Gasteiger partial charge on any atom is -0.359 e. The molecule has 134 valence electrons. The van der Waals surface area contributed by atoms with Crippen molar-refractivity contribution in [1.29, 1.82) is 0 Å². The smallest absolute Gasteiger partial charge is 0.267 e. The summed E-state index contributed by atoms with van der Waals surface area (Å²) < 4.78 is 0. The van der Waals surface area contributed by atoms with E-state index in [-0.39, 0.29) is 11.2 Å². The van der Waals surface area contributed by atoms with Crippen molar-refractivity contribution in [3.63, 3.8) is 0 Å². The number of nitrogens with one attached hydrogen (secondary N) is 1. The minimum atomic E-state index is -0.409. The zero-order valence-corrected chi connectivity index (χ0v) is 15.4. The number of amides is 2. The molecule has 1 N–H and O–H groups in total. The van der Waals surface area contributed by atoms with Crippen LogP contribution in [-0.2, 0) is 0 Å². The van der Waals surface area contributed by atoms with Crippen LogP contribution in [0.15, 0.2) is 60.7 Å². The highest BCUT2D eigenvalue weighted by Crippen LogP contribution is 2.18. The average Bonchev–Trinajstić information content (AvgIpc) is 2.70. The molecule has 0 spiro atoms. The van der Waals surface area contributed by atoms with Crippen LogP contribution in [0.2, 0.25) is 0 Å². The van der Waals surface area contributed by atoms with Gasteiger partial charge in [0.05, 0.1) is 0 Å². The largest absolute Gasteiger partial charge is 0.359 e. The molecule has 0 radical (unpaired) electrons. The summed E-state index contributed by atoms with van der Waals surface area (Å²) >= 11 is 5.48. The normalized spacial score (nSPS) is 14.5. The molecule has 0 atom stereocenters. The second-order valence-corrected chi connectivity index (χ2v) is 6.85. The monoisotopic (exact) mass is 366 g/mol. The van der Waals surface area contributed by atoms with Crippen LogP contribution < -0.4 is 5.32 Å². The van der Waals surface area contributed by atoms with Crippen LogP contribution in [-0.4, -0.2) is 27.9 Å². The molecule has 1 aliphatic rings. The number of nitrogens with zero attached hydrogens (tertiary/aromatic N) is 1. The lowest BCUT2D eigenvalue weighted by molar-refractivity contribution is 0.0711. The maximum absolute atomic E-state index is 13.0. The number of hydrogen-bond acceptors (Lipinski definition) is 3.